The highest BCUT2D eigenvalue weighted by molar-refractivity contribution is 5.88. The molecule has 0 radical (unpaired) electrons. The average Bonchev–Trinajstić information content (AvgIpc) is 2.73. The van der Waals surface area contributed by atoms with Gasteiger partial charge in [-0.3, -0.25) is 9.59 Å². The molecule has 2 aromatic rings. The average molecular weight is 411 g/mol. The minimum absolute atomic E-state index is 0.0578. The second-order valence-corrected chi connectivity index (χ2v) is 7.99. The van der Waals surface area contributed by atoms with Gasteiger partial charge in [-0.15, -0.1) is 0 Å². The first-order valence-corrected chi connectivity index (χ1v) is 10.6. The quantitative estimate of drug-likeness (QED) is 0.670. The first kappa shape index (κ1) is 23.5. The van der Waals surface area contributed by atoms with E-state index in [1.54, 1.807) is 11.8 Å². The maximum Gasteiger partial charge on any atom is 0.261 e. The van der Waals surface area contributed by atoms with Crippen LogP contribution in [0.5, 0.6) is 5.75 Å². The van der Waals surface area contributed by atoms with E-state index < -0.39 is 6.04 Å². The van der Waals surface area contributed by atoms with E-state index in [0.717, 1.165) is 28.7 Å². The van der Waals surface area contributed by atoms with Gasteiger partial charge in [0, 0.05) is 12.6 Å². The standard InChI is InChI=1S/C25H34N2O3/c1-7-19(4)26-25(29)21(6)27(15-22-13-11-17(2)12-14-22)24(28)16-30-23-10-8-9-18(3)20(23)5/h8-14,19,21H,7,15-16H2,1-6H3,(H,26,29)/t19-,21-/m1/s1. The van der Waals surface area contributed by atoms with Crippen molar-refractivity contribution in [3.8, 4) is 5.75 Å². The summed E-state index contributed by atoms with van der Waals surface area (Å²) in [5, 5.41) is 2.98. The van der Waals surface area contributed by atoms with Crippen molar-refractivity contribution in [2.24, 2.45) is 0 Å². The van der Waals surface area contributed by atoms with Gasteiger partial charge in [0.25, 0.3) is 5.91 Å². The maximum atomic E-state index is 13.1. The van der Waals surface area contributed by atoms with Gasteiger partial charge in [-0.1, -0.05) is 48.9 Å². The van der Waals surface area contributed by atoms with Gasteiger partial charge in [-0.05, 0) is 63.8 Å². The molecular weight excluding hydrogens is 376 g/mol. The monoisotopic (exact) mass is 410 g/mol. The molecule has 1 N–H and O–H groups in total. The molecule has 2 amide bonds. The van der Waals surface area contributed by atoms with Crippen molar-refractivity contribution in [2.75, 3.05) is 6.61 Å². The summed E-state index contributed by atoms with van der Waals surface area (Å²) in [5.74, 6) is 0.315. The van der Waals surface area contributed by atoms with Crippen molar-refractivity contribution >= 4 is 11.8 Å². The van der Waals surface area contributed by atoms with Crippen LogP contribution in [-0.2, 0) is 16.1 Å². The number of hydrogen-bond donors (Lipinski definition) is 1. The molecule has 0 spiro atoms. The minimum Gasteiger partial charge on any atom is -0.483 e. The van der Waals surface area contributed by atoms with Crippen molar-refractivity contribution in [3.05, 3.63) is 64.7 Å². The molecule has 2 atom stereocenters. The molecule has 5 heteroatoms. The van der Waals surface area contributed by atoms with Crippen molar-refractivity contribution in [2.45, 2.75) is 66.6 Å². The summed E-state index contributed by atoms with van der Waals surface area (Å²) >= 11 is 0. The van der Waals surface area contributed by atoms with Gasteiger partial charge in [0.15, 0.2) is 6.61 Å². The van der Waals surface area contributed by atoms with Gasteiger partial charge in [0.05, 0.1) is 0 Å². The molecule has 0 fully saturated rings. The summed E-state index contributed by atoms with van der Waals surface area (Å²) in [6.45, 7) is 12.0. The number of nitrogens with one attached hydrogen (secondary N) is 1. The van der Waals surface area contributed by atoms with Gasteiger partial charge in [-0.25, -0.2) is 0 Å². The first-order valence-electron chi connectivity index (χ1n) is 10.6. The highest BCUT2D eigenvalue weighted by Gasteiger charge is 2.27. The molecule has 0 aliphatic heterocycles. The second-order valence-electron chi connectivity index (χ2n) is 7.99. The third-order valence-corrected chi connectivity index (χ3v) is 5.55. The maximum absolute atomic E-state index is 13.1. The summed E-state index contributed by atoms with van der Waals surface area (Å²) < 4.78 is 5.83. The number of hydrogen-bond acceptors (Lipinski definition) is 3. The zero-order valence-corrected chi connectivity index (χ0v) is 19.0. The Labute approximate surface area is 180 Å². The zero-order chi connectivity index (χ0) is 22.3. The lowest BCUT2D eigenvalue weighted by atomic mass is 10.1. The Morgan fingerprint density at radius 1 is 1.03 bits per heavy atom. The predicted molar refractivity (Wildman–Crippen MR) is 120 cm³/mol. The van der Waals surface area contributed by atoms with Crippen LogP contribution in [0.1, 0.15) is 49.4 Å². The van der Waals surface area contributed by atoms with Gasteiger partial charge in [0.2, 0.25) is 5.91 Å². The number of carbonyl (C=O) groups excluding carboxylic acids is 2. The fourth-order valence-electron chi connectivity index (χ4n) is 3.04. The molecule has 0 aliphatic rings. The van der Waals surface area contributed by atoms with Gasteiger partial charge in [-0.2, -0.15) is 0 Å². The van der Waals surface area contributed by atoms with E-state index >= 15 is 0 Å². The van der Waals surface area contributed by atoms with Crippen molar-refractivity contribution in [1.82, 2.24) is 10.2 Å². The van der Waals surface area contributed by atoms with Gasteiger partial charge in [0.1, 0.15) is 11.8 Å². The van der Waals surface area contributed by atoms with E-state index in [1.165, 1.54) is 0 Å². The SMILES string of the molecule is CC[C@@H](C)NC(=O)[C@@H](C)N(Cc1ccc(C)cc1)C(=O)COc1cccc(C)c1C. The fourth-order valence-corrected chi connectivity index (χ4v) is 3.04. The van der Waals surface area contributed by atoms with E-state index in [4.69, 9.17) is 4.74 Å². The summed E-state index contributed by atoms with van der Waals surface area (Å²) in [5.41, 5.74) is 4.25. The van der Waals surface area contributed by atoms with Crippen LogP contribution in [0.25, 0.3) is 0 Å². The molecule has 0 aromatic heterocycles. The van der Waals surface area contributed by atoms with Gasteiger partial charge >= 0.3 is 0 Å². The number of rotatable bonds is 9. The summed E-state index contributed by atoms with van der Waals surface area (Å²) in [6.07, 6.45) is 0.833. The van der Waals surface area contributed by atoms with Crippen LogP contribution in [0.15, 0.2) is 42.5 Å². The lowest BCUT2D eigenvalue weighted by Gasteiger charge is -2.29. The summed E-state index contributed by atoms with van der Waals surface area (Å²) in [6, 6.07) is 13.2. The number of ether oxygens (including phenoxy) is 1. The molecule has 2 rings (SSSR count). The Balaban J connectivity index is 2.17. The summed E-state index contributed by atoms with van der Waals surface area (Å²) in [7, 11) is 0. The van der Waals surface area contributed by atoms with Crippen molar-refractivity contribution in [1.29, 1.82) is 0 Å². The number of amides is 2. The lowest BCUT2D eigenvalue weighted by molar-refractivity contribution is -0.142. The summed E-state index contributed by atoms with van der Waals surface area (Å²) in [4.78, 5) is 27.4. The van der Waals surface area contributed by atoms with Crippen molar-refractivity contribution in [3.63, 3.8) is 0 Å². The van der Waals surface area contributed by atoms with E-state index in [9.17, 15) is 9.59 Å². The van der Waals surface area contributed by atoms with E-state index in [2.05, 4.69) is 5.32 Å². The predicted octanol–water partition coefficient (Wildman–Crippen LogP) is 4.32. The molecule has 5 nitrogen and oxygen atoms in total. The number of aryl methyl sites for hydroxylation is 2. The lowest BCUT2D eigenvalue weighted by Crippen LogP contribution is -2.50. The Morgan fingerprint density at radius 2 is 1.70 bits per heavy atom. The molecule has 0 bridgehead atoms. The van der Waals surface area contributed by atoms with Gasteiger partial charge < -0.3 is 15.0 Å². The largest absolute Gasteiger partial charge is 0.483 e. The molecule has 2 aromatic carbocycles. The topological polar surface area (TPSA) is 58.6 Å². The Bertz CT molecular complexity index is 861. The molecule has 30 heavy (non-hydrogen) atoms. The van der Waals surface area contributed by atoms with Crippen LogP contribution >= 0.6 is 0 Å². The second kappa shape index (κ2) is 10.8. The molecular formula is C25H34N2O3. The number of benzene rings is 2. The molecule has 0 aliphatic carbocycles. The van der Waals surface area contributed by atoms with Crippen LogP contribution in [-0.4, -0.2) is 35.4 Å². The van der Waals surface area contributed by atoms with Crippen LogP contribution in [0, 0.1) is 20.8 Å². The van der Waals surface area contributed by atoms with E-state index in [-0.39, 0.29) is 24.5 Å². The Kier molecular flexibility index (Phi) is 8.46. The molecule has 0 unspecified atom stereocenters. The van der Waals surface area contributed by atoms with Crippen molar-refractivity contribution < 1.29 is 14.3 Å². The highest BCUT2D eigenvalue weighted by atomic mass is 16.5. The Hall–Kier alpha value is -2.82. The van der Waals surface area contributed by atoms with Crippen LogP contribution in [0.4, 0.5) is 0 Å². The molecule has 0 saturated heterocycles. The normalized spacial score (nSPS) is 12.7. The van der Waals surface area contributed by atoms with Crippen LogP contribution in [0.2, 0.25) is 0 Å². The number of carbonyl (C=O) groups is 2. The highest BCUT2D eigenvalue weighted by Crippen LogP contribution is 2.21. The first-order chi connectivity index (χ1) is 14.2. The smallest absolute Gasteiger partial charge is 0.261 e. The fraction of sp³-hybridized carbons (Fsp3) is 0.440. The third-order valence-electron chi connectivity index (χ3n) is 5.55. The van der Waals surface area contributed by atoms with E-state index in [0.29, 0.717) is 12.3 Å². The number of nitrogens with zero attached hydrogens (tertiary/aromatic N) is 1. The van der Waals surface area contributed by atoms with Crippen LogP contribution in [0.3, 0.4) is 0 Å². The molecule has 162 valence electrons. The molecule has 0 heterocycles. The minimum atomic E-state index is -0.602. The molecule has 0 saturated carbocycles. The van der Waals surface area contributed by atoms with Crippen LogP contribution < -0.4 is 10.1 Å². The third kappa shape index (κ3) is 6.34. The van der Waals surface area contributed by atoms with E-state index in [1.807, 2.05) is 77.1 Å². The zero-order valence-electron chi connectivity index (χ0n) is 19.0. The Morgan fingerprint density at radius 3 is 2.33 bits per heavy atom.